The molecule has 1 N–H and O–H groups in total. The molecule has 0 saturated carbocycles. The molecule has 1 aromatic carbocycles. The molecule has 14 heavy (non-hydrogen) atoms. The minimum atomic E-state index is -0.399. The van der Waals surface area contributed by atoms with Crippen LogP contribution in [0.3, 0.4) is 0 Å². The maximum atomic E-state index is 11.0. The van der Waals surface area contributed by atoms with Crippen LogP contribution in [0, 0.1) is 6.57 Å². The normalized spacial score (nSPS) is 9.21. The zero-order valence-corrected chi connectivity index (χ0v) is 8.56. The van der Waals surface area contributed by atoms with Crippen molar-refractivity contribution in [1.29, 1.82) is 0 Å². The number of carbonyl (C=O) groups is 1. The molecular formula is C9H6Cl2N2O. The molecule has 1 aromatic rings. The van der Waals surface area contributed by atoms with Crippen LogP contribution in [-0.2, 0) is 4.79 Å². The Morgan fingerprint density at radius 3 is 2.86 bits per heavy atom. The van der Waals surface area contributed by atoms with Crippen molar-refractivity contribution in [2.75, 3.05) is 11.9 Å². The summed E-state index contributed by atoms with van der Waals surface area (Å²) in [6.45, 7) is 6.28. The molecule has 1 amide bonds. The van der Waals surface area contributed by atoms with Gasteiger partial charge in [-0.3, -0.25) is 4.79 Å². The topological polar surface area (TPSA) is 33.5 Å². The number of hydrogen-bond donors (Lipinski definition) is 1. The smallest absolute Gasteiger partial charge is 0.304 e. The summed E-state index contributed by atoms with van der Waals surface area (Å²) >= 11 is 11.5. The van der Waals surface area contributed by atoms with Gasteiger partial charge in [0.15, 0.2) is 0 Å². The standard InChI is InChI=1S/C9H6Cl2N2O/c1-12-5-8(14)13-7-4-2-3-6(10)9(7)11/h2-4H,5H2,(H,13,14). The molecule has 0 bridgehead atoms. The summed E-state index contributed by atoms with van der Waals surface area (Å²) in [7, 11) is 0. The van der Waals surface area contributed by atoms with Crippen LogP contribution < -0.4 is 5.32 Å². The van der Waals surface area contributed by atoms with Crippen molar-refractivity contribution >= 4 is 34.8 Å². The van der Waals surface area contributed by atoms with Crippen LogP contribution >= 0.6 is 23.2 Å². The molecular weight excluding hydrogens is 223 g/mol. The molecule has 0 aliphatic rings. The molecule has 0 saturated heterocycles. The monoisotopic (exact) mass is 228 g/mol. The van der Waals surface area contributed by atoms with Gasteiger partial charge in [-0.15, -0.1) is 0 Å². The molecule has 1 rings (SSSR count). The lowest BCUT2D eigenvalue weighted by Gasteiger charge is -2.04. The van der Waals surface area contributed by atoms with Gasteiger partial charge in [0.1, 0.15) is 0 Å². The van der Waals surface area contributed by atoms with E-state index in [-0.39, 0.29) is 11.6 Å². The van der Waals surface area contributed by atoms with E-state index in [1.807, 2.05) is 0 Å². The summed E-state index contributed by atoms with van der Waals surface area (Å²) in [6, 6.07) is 4.91. The number of amides is 1. The van der Waals surface area contributed by atoms with Gasteiger partial charge in [-0.25, -0.2) is 6.57 Å². The predicted molar refractivity (Wildman–Crippen MR) is 56.6 cm³/mol. The van der Waals surface area contributed by atoms with E-state index < -0.39 is 5.91 Å². The number of rotatable bonds is 2. The summed E-state index contributed by atoms with van der Waals surface area (Å²) in [6.07, 6.45) is 0. The third kappa shape index (κ3) is 2.63. The third-order valence-electron chi connectivity index (χ3n) is 1.45. The van der Waals surface area contributed by atoms with Gasteiger partial charge >= 0.3 is 5.91 Å². The van der Waals surface area contributed by atoms with E-state index in [1.165, 1.54) is 0 Å². The van der Waals surface area contributed by atoms with Crippen LogP contribution in [0.1, 0.15) is 0 Å². The molecule has 0 aliphatic carbocycles. The maximum absolute atomic E-state index is 11.0. The highest BCUT2D eigenvalue weighted by Crippen LogP contribution is 2.29. The average Bonchev–Trinajstić information content (AvgIpc) is 2.13. The number of anilines is 1. The second-order valence-electron chi connectivity index (χ2n) is 2.47. The molecule has 0 radical (unpaired) electrons. The lowest BCUT2D eigenvalue weighted by Crippen LogP contribution is -2.13. The Morgan fingerprint density at radius 1 is 1.50 bits per heavy atom. The van der Waals surface area contributed by atoms with Crippen LogP contribution in [0.5, 0.6) is 0 Å². The highest BCUT2D eigenvalue weighted by molar-refractivity contribution is 6.43. The zero-order chi connectivity index (χ0) is 10.6. The highest BCUT2D eigenvalue weighted by Gasteiger charge is 2.09. The fourth-order valence-corrected chi connectivity index (χ4v) is 1.21. The first kappa shape index (κ1) is 10.8. The minimum Gasteiger partial charge on any atom is -0.318 e. The summed E-state index contributed by atoms with van der Waals surface area (Å²) in [5, 5.41) is 3.14. The van der Waals surface area contributed by atoms with E-state index in [1.54, 1.807) is 18.2 Å². The van der Waals surface area contributed by atoms with Gasteiger partial charge in [0, 0.05) is 0 Å². The summed E-state index contributed by atoms with van der Waals surface area (Å²) in [5.74, 6) is -0.399. The molecule has 5 heteroatoms. The highest BCUT2D eigenvalue weighted by atomic mass is 35.5. The Labute approximate surface area is 91.4 Å². The van der Waals surface area contributed by atoms with Gasteiger partial charge in [-0.05, 0) is 12.1 Å². The minimum absolute atomic E-state index is 0.219. The molecule has 0 fully saturated rings. The van der Waals surface area contributed by atoms with E-state index in [0.29, 0.717) is 10.7 Å². The van der Waals surface area contributed by atoms with Crippen LogP contribution in [0.25, 0.3) is 4.85 Å². The Morgan fingerprint density at radius 2 is 2.21 bits per heavy atom. The summed E-state index contributed by atoms with van der Waals surface area (Å²) in [4.78, 5) is 14.0. The van der Waals surface area contributed by atoms with Gasteiger partial charge in [0.05, 0.1) is 15.7 Å². The van der Waals surface area contributed by atoms with Crippen molar-refractivity contribution in [1.82, 2.24) is 0 Å². The number of nitrogens with one attached hydrogen (secondary N) is 1. The van der Waals surface area contributed by atoms with Crippen LogP contribution in [0.2, 0.25) is 10.0 Å². The maximum Gasteiger partial charge on any atom is 0.304 e. The molecule has 0 unspecified atom stereocenters. The number of halogens is 2. The quantitative estimate of drug-likeness (QED) is 0.777. The number of hydrogen-bond acceptors (Lipinski definition) is 1. The van der Waals surface area contributed by atoms with Crippen LogP contribution in [0.4, 0.5) is 5.69 Å². The largest absolute Gasteiger partial charge is 0.318 e. The van der Waals surface area contributed by atoms with Crippen molar-refractivity contribution in [3.05, 3.63) is 39.7 Å². The van der Waals surface area contributed by atoms with Gasteiger partial charge < -0.3 is 10.2 Å². The van der Waals surface area contributed by atoms with Crippen LogP contribution in [-0.4, -0.2) is 12.5 Å². The summed E-state index contributed by atoms with van der Waals surface area (Å²) < 4.78 is 0. The molecule has 0 aromatic heterocycles. The Hall–Kier alpha value is -1.24. The van der Waals surface area contributed by atoms with Gasteiger partial charge in [0.25, 0.3) is 6.54 Å². The van der Waals surface area contributed by atoms with Gasteiger partial charge in [-0.1, -0.05) is 29.3 Å². The molecule has 0 spiro atoms. The fourth-order valence-electron chi connectivity index (χ4n) is 0.862. The Bertz CT molecular complexity index is 398. The Balaban J connectivity index is 2.83. The predicted octanol–water partition coefficient (Wildman–Crippen LogP) is 2.85. The second kappa shape index (κ2) is 4.85. The lowest BCUT2D eigenvalue weighted by atomic mass is 10.3. The number of carbonyl (C=O) groups excluding carboxylic acids is 1. The third-order valence-corrected chi connectivity index (χ3v) is 2.27. The van der Waals surface area contributed by atoms with E-state index >= 15 is 0 Å². The van der Waals surface area contributed by atoms with Gasteiger partial charge in [-0.2, -0.15) is 0 Å². The first-order valence-corrected chi connectivity index (χ1v) is 4.48. The molecule has 0 aliphatic heterocycles. The molecule has 0 heterocycles. The van der Waals surface area contributed by atoms with E-state index in [9.17, 15) is 4.79 Å². The zero-order valence-electron chi connectivity index (χ0n) is 7.05. The molecule has 0 atom stereocenters. The first-order chi connectivity index (χ1) is 6.65. The van der Waals surface area contributed by atoms with Crippen molar-refractivity contribution in [2.24, 2.45) is 0 Å². The van der Waals surface area contributed by atoms with Crippen molar-refractivity contribution < 1.29 is 4.79 Å². The van der Waals surface area contributed by atoms with Gasteiger partial charge in [0.2, 0.25) is 0 Å². The fraction of sp³-hybridized carbons (Fsp3) is 0.111. The molecule has 72 valence electrons. The summed E-state index contributed by atoms with van der Waals surface area (Å²) in [5.41, 5.74) is 0.424. The van der Waals surface area contributed by atoms with E-state index in [4.69, 9.17) is 29.8 Å². The van der Waals surface area contributed by atoms with Crippen LogP contribution in [0.15, 0.2) is 18.2 Å². The van der Waals surface area contributed by atoms with E-state index in [2.05, 4.69) is 10.2 Å². The first-order valence-electron chi connectivity index (χ1n) is 3.72. The Kier molecular flexibility index (Phi) is 3.75. The van der Waals surface area contributed by atoms with Crippen molar-refractivity contribution in [3.63, 3.8) is 0 Å². The average molecular weight is 229 g/mol. The van der Waals surface area contributed by atoms with E-state index in [0.717, 1.165) is 0 Å². The second-order valence-corrected chi connectivity index (χ2v) is 3.25. The van der Waals surface area contributed by atoms with Crippen molar-refractivity contribution in [2.45, 2.75) is 0 Å². The lowest BCUT2D eigenvalue weighted by molar-refractivity contribution is -0.114. The SMILES string of the molecule is [C-]#[N+]CC(=O)Nc1cccc(Cl)c1Cl. The number of benzene rings is 1. The molecule has 3 nitrogen and oxygen atoms in total. The van der Waals surface area contributed by atoms with Crippen molar-refractivity contribution in [3.8, 4) is 0 Å². The number of nitrogens with zero attached hydrogens (tertiary/aromatic N) is 1.